The fourth-order valence-electron chi connectivity index (χ4n) is 1.49. The highest BCUT2D eigenvalue weighted by molar-refractivity contribution is 5.73. The molecule has 0 spiro atoms. The van der Waals surface area contributed by atoms with E-state index in [-0.39, 0.29) is 6.42 Å². The molecule has 0 radical (unpaired) electrons. The van der Waals surface area contributed by atoms with Crippen LogP contribution in [0.15, 0.2) is 16.5 Å². The number of rotatable bonds is 6. The molecule has 16 heavy (non-hydrogen) atoms. The standard InChI is InChI=1S/C11H18N2O3/c1-3-13(4-2)10-6-5-8(16-10)7-9(12)11(14)15/h5-6,9H,3-4,7,12H2,1-2H3,(H,14,15)/t9-/m0/s1. The molecule has 5 heteroatoms. The van der Waals surface area contributed by atoms with Gasteiger partial charge in [-0.05, 0) is 19.9 Å². The number of carboxylic acids is 1. The molecule has 3 N–H and O–H groups in total. The highest BCUT2D eigenvalue weighted by atomic mass is 16.4. The summed E-state index contributed by atoms with van der Waals surface area (Å²) in [5, 5.41) is 8.67. The first kappa shape index (κ1) is 12.6. The van der Waals surface area contributed by atoms with Gasteiger partial charge in [-0.15, -0.1) is 0 Å². The third kappa shape index (κ3) is 3.00. The van der Waals surface area contributed by atoms with Crippen LogP contribution >= 0.6 is 0 Å². The number of aliphatic carboxylic acids is 1. The number of hydrogen-bond acceptors (Lipinski definition) is 4. The zero-order valence-electron chi connectivity index (χ0n) is 9.64. The maximum absolute atomic E-state index is 10.6. The van der Waals surface area contributed by atoms with Crippen LogP contribution in [-0.4, -0.2) is 30.2 Å². The summed E-state index contributed by atoms with van der Waals surface area (Å²) in [6.07, 6.45) is 0.219. The molecule has 0 aromatic carbocycles. The summed E-state index contributed by atoms with van der Waals surface area (Å²) in [5.41, 5.74) is 5.43. The van der Waals surface area contributed by atoms with Crippen LogP contribution in [0.4, 0.5) is 5.88 Å². The van der Waals surface area contributed by atoms with Crippen molar-refractivity contribution >= 4 is 11.9 Å². The predicted molar refractivity (Wildman–Crippen MR) is 61.6 cm³/mol. The molecule has 0 saturated heterocycles. The van der Waals surface area contributed by atoms with Gasteiger partial charge in [-0.3, -0.25) is 4.79 Å². The normalized spacial score (nSPS) is 12.4. The second-order valence-corrected chi connectivity index (χ2v) is 3.56. The number of nitrogens with two attached hydrogens (primary N) is 1. The Bertz CT molecular complexity index is 345. The summed E-state index contributed by atoms with van der Waals surface area (Å²) < 4.78 is 5.53. The Morgan fingerprint density at radius 2 is 2.12 bits per heavy atom. The minimum atomic E-state index is -1.01. The van der Waals surface area contributed by atoms with Crippen molar-refractivity contribution in [3.05, 3.63) is 17.9 Å². The molecule has 1 rings (SSSR count). The van der Waals surface area contributed by atoms with E-state index < -0.39 is 12.0 Å². The molecular formula is C11H18N2O3. The highest BCUT2D eigenvalue weighted by Crippen LogP contribution is 2.18. The fraction of sp³-hybridized carbons (Fsp3) is 0.545. The van der Waals surface area contributed by atoms with E-state index in [1.807, 2.05) is 19.9 Å². The minimum Gasteiger partial charge on any atom is -0.480 e. The van der Waals surface area contributed by atoms with Crippen LogP contribution in [0.25, 0.3) is 0 Å². The van der Waals surface area contributed by atoms with E-state index >= 15 is 0 Å². The molecule has 1 atom stereocenters. The number of nitrogens with zero attached hydrogens (tertiary/aromatic N) is 1. The first-order valence-corrected chi connectivity index (χ1v) is 5.40. The van der Waals surface area contributed by atoms with Crippen molar-refractivity contribution < 1.29 is 14.3 Å². The Labute approximate surface area is 94.8 Å². The van der Waals surface area contributed by atoms with Crippen molar-refractivity contribution in [1.82, 2.24) is 0 Å². The average Bonchev–Trinajstić information content (AvgIpc) is 2.68. The molecular weight excluding hydrogens is 208 g/mol. The van der Waals surface area contributed by atoms with Crippen LogP contribution in [0.1, 0.15) is 19.6 Å². The SMILES string of the molecule is CCN(CC)c1ccc(C[C@H](N)C(=O)O)o1. The monoisotopic (exact) mass is 226 g/mol. The lowest BCUT2D eigenvalue weighted by Gasteiger charge is -2.16. The van der Waals surface area contributed by atoms with Crippen molar-refractivity contribution in [3.8, 4) is 0 Å². The molecule has 0 unspecified atom stereocenters. The fourth-order valence-corrected chi connectivity index (χ4v) is 1.49. The Hall–Kier alpha value is -1.49. The third-order valence-electron chi connectivity index (χ3n) is 2.46. The molecule has 0 aliphatic rings. The van der Waals surface area contributed by atoms with E-state index in [1.54, 1.807) is 6.07 Å². The topological polar surface area (TPSA) is 79.7 Å². The molecule has 0 aliphatic carbocycles. The highest BCUT2D eigenvalue weighted by Gasteiger charge is 2.15. The Kier molecular flexibility index (Phi) is 4.37. The quantitative estimate of drug-likeness (QED) is 0.758. The second kappa shape index (κ2) is 5.55. The van der Waals surface area contributed by atoms with E-state index in [4.69, 9.17) is 15.3 Å². The molecule has 0 aliphatic heterocycles. The lowest BCUT2D eigenvalue weighted by molar-refractivity contribution is -0.138. The van der Waals surface area contributed by atoms with Crippen LogP contribution in [-0.2, 0) is 11.2 Å². The lowest BCUT2D eigenvalue weighted by Crippen LogP contribution is -2.32. The second-order valence-electron chi connectivity index (χ2n) is 3.56. The van der Waals surface area contributed by atoms with Gasteiger partial charge in [0.05, 0.1) is 0 Å². The van der Waals surface area contributed by atoms with Gasteiger partial charge < -0.3 is 20.2 Å². The lowest BCUT2D eigenvalue weighted by atomic mass is 10.2. The van der Waals surface area contributed by atoms with Gasteiger partial charge in [-0.25, -0.2) is 0 Å². The van der Waals surface area contributed by atoms with E-state index in [9.17, 15) is 4.79 Å². The molecule has 0 amide bonds. The molecule has 90 valence electrons. The molecule has 5 nitrogen and oxygen atoms in total. The summed E-state index contributed by atoms with van der Waals surface area (Å²) in [5.74, 6) is 0.357. The van der Waals surface area contributed by atoms with Crippen molar-refractivity contribution in [3.63, 3.8) is 0 Å². The summed E-state index contributed by atoms with van der Waals surface area (Å²) in [6, 6.07) is 2.71. The Morgan fingerprint density at radius 3 is 2.62 bits per heavy atom. The van der Waals surface area contributed by atoms with E-state index in [2.05, 4.69) is 4.90 Å². The number of furan rings is 1. The van der Waals surface area contributed by atoms with Gasteiger partial charge in [0, 0.05) is 25.6 Å². The van der Waals surface area contributed by atoms with Crippen LogP contribution in [0.5, 0.6) is 0 Å². The molecule has 0 saturated carbocycles. The van der Waals surface area contributed by atoms with Gasteiger partial charge in [0.15, 0.2) is 5.88 Å². The summed E-state index contributed by atoms with van der Waals surface area (Å²) in [4.78, 5) is 12.6. The zero-order chi connectivity index (χ0) is 12.1. The number of hydrogen-bond donors (Lipinski definition) is 2. The van der Waals surface area contributed by atoms with E-state index in [0.29, 0.717) is 5.76 Å². The molecule has 1 aromatic heterocycles. The van der Waals surface area contributed by atoms with Crippen molar-refractivity contribution in [1.29, 1.82) is 0 Å². The summed E-state index contributed by atoms with van der Waals surface area (Å²) in [7, 11) is 0. The summed E-state index contributed by atoms with van der Waals surface area (Å²) >= 11 is 0. The summed E-state index contributed by atoms with van der Waals surface area (Å²) in [6.45, 7) is 5.78. The van der Waals surface area contributed by atoms with Crippen LogP contribution in [0.3, 0.4) is 0 Å². The smallest absolute Gasteiger partial charge is 0.320 e. The molecule has 1 aromatic rings. The van der Waals surface area contributed by atoms with Crippen molar-refractivity contribution in [2.24, 2.45) is 5.73 Å². The number of carboxylic acid groups (broad SMARTS) is 1. The van der Waals surface area contributed by atoms with E-state index in [0.717, 1.165) is 19.0 Å². The largest absolute Gasteiger partial charge is 0.480 e. The van der Waals surface area contributed by atoms with Gasteiger partial charge in [0.2, 0.25) is 0 Å². The Morgan fingerprint density at radius 1 is 1.50 bits per heavy atom. The first-order valence-electron chi connectivity index (χ1n) is 5.40. The van der Waals surface area contributed by atoms with Gasteiger partial charge >= 0.3 is 5.97 Å². The van der Waals surface area contributed by atoms with Gasteiger partial charge in [-0.1, -0.05) is 0 Å². The maximum atomic E-state index is 10.6. The Balaban J connectivity index is 2.67. The van der Waals surface area contributed by atoms with Gasteiger partial charge in [0.25, 0.3) is 0 Å². The van der Waals surface area contributed by atoms with Crippen LogP contribution in [0, 0.1) is 0 Å². The molecule has 1 heterocycles. The molecule has 0 fully saturated rings. The van der Waals surface area contributed by atoms with Gasteiger partial charge in [-0.2, -0.15) is 0 Å². The van der Waals surface area contributed by atoms with E-state index in [1.165, 1.54) is 0 Å². The van der Waals surface area contributed by atoms with Gasteiger partial charge in [0.1, 0.15) is 11.8 Å². The maximum Gasteiger partial charge on any atom is 0.320 e. The predicted octanol–water partition coefficient (Wildman–Crippen LogP) is 1.08. The third-order valence-corrected chi connectivity index (χ3v) is 2.46. The minimum absolute atomic E-state index is 0.219. The average molecular weight is 226 g/mol. The molecule has 0 bridgehead atoms. The van der Waals surface area contributed by atoms with Crippen LogP contribution < -0.4 is 10.6 Å². The van der Waals surface area contributed by atoms with Crippen molar-refractivity contribution in [2.45, 2.75) is 26.3 Å². The number of anilines is 1. The number of carbonyl (C=O) groups is 1. The zero-order valence-corrected chi connectivity index (χ0v) is 9.64. The first-order chi connectivity index (χ1) is 7.58. The van der Waals surface area contributed by atoms with Crippen molar-refractivity contribution in [2.75, 3.05) is 18.0 Å². The van der Waals surface area contributed by atoms with Crippen LogP contribution in [0.2, 0.25) is 0 Å².